The van der Waals surface area contributed by atoms with Gasteiger partial charge in [0.15, 0.2) is 6.10 Å². The molecule has 0 aromatic heterocycles. The van der Waals surface area contributed by atoms with Crippen molar-refractivity contribution in [3.05, 3.63) is 40.9 Å². The maximum Gasteiger partial charge on any atom is 0.271 e. The number of hydrogen-bond acceptors (Lipinski definition) is 3. The van der Waals surface area contributed by atoms with Crippen LogP contribution in [0, 0.1) is 0 Å². The monoisotopic (exact) mass is 287 g/mol. The number of fused-ring (bicyclic) bond motifs is 2. The molecule has 0 N–H and O–H groups in total. The van der Waals surface area contributed by atoms with Gasteiger partial charge < -0.3 is 4.74 Å². The van der Waals surface area contributed by atoms with Crippen molar-refractivity contribution in [3.63, 3.8) is 0 Å². The molecular weight excluding hydrogens is 278 g/mol. The molecule has 2 heterocycles. The Balaban J connectivity index is 2.07. The number of imide groups is 1. The minimum Gasteiger partial charge on any atom is -0.479 e. The molecule has 100 valence electrons. The molecule has 5 heteroatoms. The molecule has 2 aliphatic heterocycles. The summed E-state index contributed by atoms with van der Waals surface area (Å²) in [6, 6.07) is 9.10. The number of ether oxygens (including phenoxy) is 1. The molecule has 0 bridgehead atoms. The van der Waals surface area contributed by atoms with Crippen LogP contribution in [0.2, 0.25) is 5.02 Å². The molecule has 2 aromatic rings. The number of nitrogens with zero attached hydrogens (tertiary/aromatic N) is 1. The Morgan fingerprint density at radius 2 is 1.95 bits per heavy atom. The summed E-state index contributed by atoms with van der Waals surface area (Å²) in [7, 11) is 1.49. The van der Waals surface area contributed by atoms with E-state index in [1.54, 1.807) is 12.1 Å². The van der Waals surface area contributed by atoms with Crippen LogP contribution in [0.1, 0.15) is 11.5 Å². The van der Waals surface area contributed by atoms with E-state index in [1.807, 2.05) is 18.2 Å². The van der Waals surface area contributed by atoms with Crippen molar-refractivity contribution < 1.29 is 14.3 Å². The van der Waals surface area contributed by atoms with Gasteiger partial charge in [0.2, 0.25) is 5.91 Å². The predicted molar refractivity (Wildman–Crippen MR) is 73.9 cm³/mol. The molecule has 4 nitrogen and oxygen atoms in total. The first-order chi connectivity index (χ1) is 9.59. The summed E-state index contributed by atoms with van der Waals surface area (Å²) in [5, 5.41) is 2.28. The van der Waals surface area contributed by atoms with E-state index in [9.17, 15) is 9.59 Å². The van der Waals surface area contributed by atoms with E-state index >= 15 is 0 Å². The highest BCUT2D eigenvalue weighted by atomic mass is 35.5. The average Bonchev–Trinajstić information content (AvgIpc) is 2.68. The molecule has 2 atom stereocenters. The number of benzene rings is 2. The highest BCUT2D eigenvalue weighted by molar-refractivity contribution is 6.36. The van der Waals surface area contributed by atoms with Crippen LogP contribution in [0.5, 0.6) is 5.75 Å². The Bertz CT molecular complexity index is 786. The van der Waals surface area contributed by atoms with Crippen LogP contribution in [0.4, 0.5) is 0 Å². The third-order valence-corrected chi connectivity index (χ3v) is 4.37. The van der Waals surface area contributed by atoms with E-state index in [4.69, 9.17) is 16.3 Å². The second-order valence-corrected chi connectivity index (χ2v) is 5.47. The first-order valence-corrected chi connectivity index (χ1v) is 6.66. The zero-order valence-electron chi connectivity index (χ0n) is 10.6. The van der Waals surface area contributed by atoms with Crippen LogP contribution in [-0.4, -0.2) is 29.9 Å². The summed E-state index contributed by atoms with van der Waals surface area (Å²) in [6.07, 6.45) is -0.758. The molecule has 2 unspecified atom stereocenters. The normalized spacial score (nSPS) is 24.0. The summed E-state index contributed by atoms with van der Waals surface area (Å²) in [4.78, 5) is 25.5. The predicted octanol–water partition coefficient (Wildman–Crippen LogP) is 2.34. The Labute approximate surface area is 119 Å². The summed E-state index contributed by atoms with van der Waals surface area (Å²) >= 11 is 6.20. The van der Waals surface area contributed by atoms with Gasteiger partial charge in [-0.05, 0) is 17.7 Å². The number of rotatable bonds is 0. The SMILES string of the molecule is CN1C(=O)C2Oc3ccc(Cl)c4cccc(c34)C2C1=O. The van der Waals surface area contributed by atoms with Crippen molar-refractivity contribution in [1.29, 1.82) is 0 Å². The van der Waals surface area contributed by atoms with E-state index in [0.717, 1.165) is 21.2 Å². The van der Waals surface area contributed by atoms with E-state index in [1.165, 1.54) is 7.05 Å². The molecule has 20 heavy (non-hydrogen) atoms. The van der Waals surface area contributed by atoms with Crippen molar-refractivity contribution in [3.8, 4) is 5.75 Å². The molecule has 1 fully saturated rings. The third-order valence-electron chi connectivity index (χ3n) is 4.04. The van der Waals surface area contributed by atoms with Gasteiger partial charge in [-0.25, -0.2) is 0 Å². The van der Waals surface area contributed by atoms with Crippen molar-refractivity contribution in [2.45, 2.75) is 12.0 Å². The van der Waals surface area contributed by atoms with Crippen LogP contribution >= 0.6 is 11.6 Å². The maximum absolute atomic E-state index is 12.3. The molecule has 1 saturated heterocycles. The minimum atomic E-state index is -0.758. The maximum atomic E-state index is 12.3. The van der Waals surface area contributed by atoms with Crippen molar-refractivity contribution in [2.24, 2.45) is 0 Å². The smallest absolute Gasteiger partial charge is 0.271 e. The molecule has 0 saturated carbocycles. The molecule has 2 aliphatic rings. The summed E-state index contributed by atoms with van der Waals surface area (Å²) < 4.78 is 5.77. The van der Waals surface area contributed by atoms with Gasteiger partial charge in [0.05, 0.1) is 0 Å². The lowest BCUT2D eigenvalue weighted by molar-refractivity contribution is -0.138. The molecule has 2 aromatic carbocycles. The first-order valence-electron chi connectivity index (χ1n) is 6.29. The zero-order valence-corrected chi connectivity index (χ0v) is 11.3. The molecule has 2 amide bonds. The van der Waals surface area contributed by atoms with Gasteiger partial charge in [0, 0.05) is 22.8 Å². The Morgan fingerprint density at radius 1 is 1.15 bits per heavy atom. The van der Waals surface area contributed by atoms with Crippen molar-refractivity contribution >= 4 is 34.2 Å². The lowest BCUT2D eigenvalue weighted by Gasteiger charge is -2.26. The number of halogens is 1. The van der Waals surface area contributed by atoms with Gasteiger partial charge in [0.25, 0.3) is 5.91 Å². The number of carbonyl (C=O) groups is 2. The molecule has 4 rings (SSSR count). The lowest BCUT2D eigenvalue weighted by atomic mass is 9.88. The highest BCUT2D eigenvalue weighted by Gasteiger charge is 2.51. The number of carbonyl (C=O) groups excluding carboxylic acids is 2. The molecular formula is C15H10ClNO3. The van der Waals surface area contributed by atoms with Gasteiger partial charge in [-0.1, -0.05) is 29.8 Å². The average molecular weight is 288 g/mol. The van der Waals surface area contributed by atoms with E-state index < -0.39 is 12.0 Å². The van der Waals surface area contributed by atoms with E-state index in [-0.39, 0.29) is 11.8 Å². The quantitative estimate of drug-likeness (QED) is 0.699. The van der Waals surface area contributed by atoms with Crippen molar-refractivity contribution in [2.75, 3.05) is 7.05 Å². The van der Waals surface area contributed by atoms with Crippen LogP contribution in [0.15, 0.2) is 30.3 Å². The van der Waals surface area contributed by atoms with Gasteiger partial charge in [0.1, 0.15) is 11.7 Å². The summed E-state index contributed by atoms with van der Waals surface area (Å²) in [5.41, 5.74) is 0.818. The minimum absolute atomic E-state index is 0.224. The topological polar surface area (TPSA) is 46.6 Å². The zero-order chi connectivity index (χ0) is 14.0. The van der Waals surface area contributed by atoms with Gasteiger partial charge in [-0.3, -0.25) is 14.5 Å². The highest BCUT2D eigenvalue weighted by Crippen LogP contribution is 2.45. The van der Waals surface area contributed by atoms with Crippen LogP contribution in [-0.2, 0) is 9.59 Å². The second kappa shape index (κ2) is 3.73. The fourth-order valence-electron chi connectivity index (χ4n) is 3.06. The second-order valence-electron chi connectivity index (χ2n) is 5.07. The van der Waals surface area contributed by atoms with Gasteiger partial charge in [-0.15, -0.1) is 0 Å². The fourth-order valence-corrected chi connectivity index (χ4v) is 3.28. The summed E-state index contributed by atoms with van der Waals surface area (Å²) in [5.74, 6) is -0.476. The standard InChI is InChI=1S/C15H10ClNO3/c1-17-14(18)12-8-4-2-3-7-9(16)5-6-10(11(7)8)20-13(12)15(17)19/h2-6,12-13H,1H3. The molecule has 0 spiro atoms. The summed E-state index contributed by atoms with van der Waals surface area (Å²) in [6.45, 7) is 0. The Kier molecular flexibility index (Phi) is 2.19. The number of hydrogen-bond donors (Lipinski definition) is 0. The largest absolute Gasteiger partial charge is 0.479 e. The number of amides is 2. The van der Waals surface area contributed by atoms with Crippen LogP contribution in [0.25, 0.3) is 10.8 Å². The third kappa shape index (κ3) is 1.27. The first kappa shape index (κ1) is 11.7. The van der Waals surface area contributed by atoms with Crippen molar-refractivity contribution in [1.82, 2.24) is 4.90 Å². The fraction of sp³-hybridized carbons (Fsp3) is 0.200. The van der Waals surface area contributed by atoms with Gasteiger partial charge in [-0.2, -0.15) is 0 Å². The van der Waals surface area contributed by atoms with E-state index in [2.05, 4.69) is 0 Å². The number of likely N-dealkylation sites (N-methyl/N-ethyl adjacent to an activating group) is 1. The van der Waals surface area contributed by atoms with E-state index in [0.29, 0.717) is 10.8 Å². The Morgan fingerprint density at radius 3 is 2.75 bits per heavy atom. The lowest BCUT2D eigenvalue weighted by Crippen LogP contribution is -2.33. The van der Waals surface area contributed by atoms with Crippen LogP contribution < -0.4 is 4.74 Å². The van der Waals surface area contributed by atoms with Gasteiger partial charge >= 0.3 is 0 Å². The number of likely N-dealkylation sites (tertiary alicyclic amines) is 1. The molecule has 0 radical (unpaired) electrons. The Hall–Kier alpha value is -2.07. The van der Waals surface area contributed by atoms with Crippen LogP contribution in [0.3, 0.4) is 0 Å². The molecule has 0 aliphatic carbocycles.